The molecule has 0 spiro atoms. The summed E-state index contributed by atoms with van der Waals surface area (Å²) in [6.07, 6.45) is 2.47. The number of thiophene rings is 1. The van der Waals surface area contributed by atoms with E-state index in [-0.39, 0.29) is 30.3 Å². The van der Waals surface area contributed by atoms with Crippen LogP contribution in [0.15, 0.2) is 48.4 Å². The molecule has 1 atom stereocenters. The third-order valence-corrected chi connectivity index (χ3v) is 6.34. The van der Waals surface area contributed by atoms with Gasteiger partial charge in [0.25, 0.3) is 0 Å². The summed E-state index contributed by atoms with van der Waals surface area (Å²) in [4.78, 5) is 30.5. The quantitative estimate of drug-likeness (QED) is 0.552. The summed E-state index contributed by atoms with van der Waals surface area (Å²) in [5, 5.41) is 2.06. The Hall–Kier alpha value is -2.80. The molecule has 0 fully saturated rings. The number of carbonyl (C=O) groups is 2. The average Bonchev–Trinajstić information content (AvgIpc) is 3.25. The van der Waals surface area contributed by atoms with E-state index in [1.807, 2.05) is 43.0 Å². The number of ether oxygens (including phenoxy) is 2. The highest BCUT2D eigenvalue weighted by Crippen LogP contribution is 2.34. The Balaban J connectivity index is 1.78. The molecule has 0 radical (unpaired) electrons. The lowest BCUT2D eigenvalue weighted by atomic mass is 10.0. The first kappa shape index (κ1) is 22.9. The fraction of sp³-hybridized carbons (Fsp3) is 0.417. The second kappa shape index (κ2) is 10.5. The zero-order valence-corrected chi connectivity index (χ0v) is 19.2. The molecule has 2 aromatic rings. The van der Waals surface area contributed by atoms with Crippen molar-refractivity contribution in [3.05, 3.63) is 58.8 Å². The molecule has 31 heavy (non-hydrogen) atoms. The topological polar surface area (TPSA) is 59.1 Å². The van der Waals surface area contributed by atoms with Gasteiger partial charge in [0.15, 0.2) is 0 Å². The van der Waals surface area contributed by atoms with Crippen molar-refractivity contribution >= 4 is 23.2 Å². The van der Waals surface area contributed by atoms with Crippen molar-refractivity contribution in [1.82, 2.24) is 9.80 Å². The first-order valence-corrected chi connectivity index (χ1v) is 11.3. The zero-order valence-electron chi connectivity index (χ0n) is 18.4. The molecule has 0 saturated carbocycles. The van der Waals surface area contributed by atoms with Crippen LogP contribution < -0.4 is 9.47 Å². The van der Waals surface area contributed by atoms with Crippen LogP contribution in [0.25, 0.3) is 0 Å². The van der Waals surface area contributed by atoms with Crippen LogP contribution in [0.5, 0.6) is 11.5 Å². The molecule has 166 valence electrons. The number of carbonyl (C=O) groups excluding carboxylic acids is 2. The van der Waals surface area contributed by atoms with Crippen LogP contribution in [0, 0.1) is 5.92 Å². The third kappa shape index (κ3) is 5.47. The van der Waals surface area contributed by atoms with Gasteiger partial charge < -0.3 is 19.3 Å². The predicted octanol–water partition coefficient (Wildman–Crippen LogP) is 3.93. The normalized spacial score (nSPS) is 15.4. The lowest BCUT2D eigenvalue weighted by molar-refractivity contribution is -0.143. The van der Waals surface area contributed by atoms with Crippen molar-refractivity contribution in [3.63, 3.8) is 0 Å². The largest absolute Gasteiger partial charge is 0.497 e. The van der Waals surface area contributed by atoms with Gasteiger partial charge in [-0.2, -0.15) is 0 Å². The monoisotopic (exact) mass is 442 g/mol. The predicted molar refractivity (Wildman–Crippen MR) is 123 cm³/mol. The summed E-state index contributed by atoms with van der Waals surface area (Å²) < 4.78 is 11.3. The molecule has 2 amide bonds. The van der Waals surface area contributed by atoms with E-state index in [0.29, 0.717) is 25.4 Å². The Kier molecular flexibility index (Phi) is 7.74. The van der Waals surface area contributed by atoms with Crippen molar-refractivity contribution < 1.29 is 19.1 Å². The Morgan fingerprint density at radius 1 is 1.32 bits per heavy atom. The smallest absolute Gasteiger partial charge is 0.242 e. The Morgan fingerprint density at radius 2 is 2.10 bits per heavy atom. The highest BCUT2D eigenvalue weighted by Gasteiger charge is 2.33. The SMILES string of the molecule is C=CCN(CC(=O)N1CCc2sccc2[C@H]1COc1cccc(OC)c1)C(=O)C(C)C. The molecular weight excluding hydrogens is 412 g/mol. The van der Waals surface area contributed by atoms with Gasteiger partial charge in [-0.15, -0.1) is 17.9 Å². The van der Waals surface area contributed by atoms with Crippen LogP contribution in [-0.4, -0.2) is 55.0 Å². The Labute approximate surface area is 188 Å². The lowest BCUT2D eigenvalue weighted by Gasteiger charge is -2.37. The number of benzene rings is 1. The van der Waals surface area contributed by atoms with E-state index < -0.39 is 0 Å². The third-order valence-electron chi connectivity index (χ3n) is 5.35. The molecule has 0 bridgehead atoms. The van der Waals surface area contributed by atoms with Gasteiger partial charge in [0, 0.05) is 30.0 Å². The van der Waals surface area contributed by atoms with E-state index in [1.165, 1.54) is 4.88 Å². The molecule has 0 aliphatic carbocycles. The minimum absolute atomic E-state index is 0.0398. The van der Waals surface area contributed by atoms with E-state index in [2.05, 4.69) is 18.0 Å². The van der Waals surface area contributed by atoms with Crippen molar-refractivity contribution in [1.29, 1.82) is 0 Å². The lowest BCUT2D eigenvalue weighted by Crippen LogP contribution is -2.48. The molecule has 2 heterocycles. The number of hydrogen-bond acceptors (Lipinski definition) is 5. The highest BCUT2D eigenvalue weighted by atomic mass is 32.1. The minimum atomic E-state index is -0.201. The molecule has 1 aliphatic heterocycles. The molecule has 0 N–H and O–H groups in total. The van der Waals surface area contributed by atoms with Crippen LogP contribution in [0.3, 0.4) is 0 Å². The molecule has 0 saturated heterocycles. The Bertz CT molecular complexity index is 924. The van der Waals surface area contributed by atoms with E-state index in [9.17, 15) is 9.59 Å². The van der Waals surface area contributed by atoms with Crippen molar-refractivity contribution in [2.45, 2.75) is 26.3 Å². The number of methoxy groups -OCH3 is 1. The van der Waals surface area contributed by atoms with Crippen LogP contribution in [0.2, 0.25) is 0 Å². The van der Waals surface area contributed by atoms with Crippen LogP contribution in [-0.2, 0) is 16.0 Å². The van der Waals surface area contributed by atoms with E-state index >= 15 is 0 Å². The van der Waals surface area contributed by atoms with Gasteiger partial charge in [0.05, 0.1) is 13.2 Å². The molecule has 1 aliphatic rings. The van der Waals surface area contributed by atoms with Crippen molar-refractivity contribution in [2.24, 2.45) is 5.92 Å². The second-order valence-electron chi connectivity index (χ2n) is 7.80. The van der Waals surface area contributed by atoms with Crippen molar-refractivity contribution in [2.75, 3.05) is 33.4 Å². The van der Waals surface area contributed by atoms with E-state index in [0.717, 1.165) is 17.7 Å². The molecule has 0 unspecified atom stereocenters. The number of amides is 2. The standard InChI is InChI=1S/C24H30N2O4S/c1-5-11-25(24(28)17(2)3)15-23(27)26-12-9-22-20(10-13-31-22)21(26)16-30-19-8-6-7-18(14-19)29-4/h5-8,10,13-14,17,21H,1,9,11-12,15-16H2,2-4H3/t21-/m1/s1. The molecule has 1 aromatic carbocycles. The molecule has 1 aromatic heterocycles. The highest BCUT2D eigenvalue weighted by molar-refractivity contribution is 7.10. The molecule has 3 rings (SSSR count). The summed E-state index contributed by atoms with van der Waals surface area (Å²) in [6, 6.07) is 9.31. The summed E-state index contributed by atoms with van der Waals surface area (Å²) in [7, 11) is 1.62. The second-order valence-corrected chi connectivity index (χ2v) is 8.80. The first-order chi connectivity index (χ1) is 14.9. The molecule has 7 heteroatoms. The fourth-order valence-corrected chi connectivity index (χ4v) is 4.68. The van der Waals surface area contributed by atoms with Crippen LogP contribution >= 0.6 is 11.3 Å². The van der Waals surface area contributed by atoms with Crippen LogP contribution in [0.4, 0.5) is 0 Å². The molecule has 6 nitrogen and oxygen atoms in total. The first-order valence-electron chi connectivity index (χ1n) is 10.5. The van der Waals surface area contributed by atoms with Gasteiger partial charge in [0.1, 0.15) is 24.7 Å². The summed E-state index contributed by atoms with van der Waals surface area (Å²) >= 11 is 1.71. The summed E-state index contributed by atoms with van der Waals surface area (Å²) in [5.41, 5.74) is 1.12. The summed E-state index contributed by atoms with van der Waals surface area (Å²) in [5.74, 6) is 1.11. The van der Waals surface area contributed by atoms with E-state index in [1.54, 1.807) is 29.4 Å². The minimum Gasteiger partial charge on any atom is -0.497 e. The van der Waals surface area contributed by atoms with Gasteiger partial charge in [-0.1, -0.05) is 26.0 Å². The number of rotatable bonds is 9. The van der Waals surface area contributed by atoms with Crippen molar-refractivity contribution in [3.8, 4) is 11.5 Å². The van der Waals surface area contributed by atoms with Crippen LogP contribution in [0.1, 0.15) is 30.3 Å². The van der Waals surface area contributed by atoms with Gasteiger partial charge in [-0.25, -0.2) is 0 Å². The zero-order chi connectivity index (χ0) is 22.4. The van der Waals surface area contributed by atoms with E-state index in [4.69, 9.17) is 9.47 Å². The maximum absolute atomic E-state index is 13.3. The van der Waals surface area contributed by atoms with Gasteiger partial charge in [-0.05, 0) is 35.6 Å². The number of nitrogens with zero attached hydrogens (tertiary/aromatic N) is 2. The maximum Gasteiger partial charge on any atom is 0.242 e. The number of fused-ring (bicyclic) bond motifs is 1. The molecular formula is C24H30N2O4S. The van der Waals surface area contributed by atoms with Gasteiger partial charge in [-0.3, -0.25) is 9.59 Å². The van der Waals surface area contributed by atoms with Gasteiger partial charge in [0.2, 0.25) is 11.8 Å². The van der Waals surface area contributed by atoms with Gasteiger partial charge >= 0.3 is 0 Å². The number of hydrogen-bond donors (Lipinski definition) is 0. The Morgan fingerprint density at radius 3 is 2.81 bits per heavy atom. The summed E-state index contributed by atoms with van der Waals surface area (Å²) in [6.45, 7) is 8.74. The average molecular weight is 443 g/mol. The fourth-order valence-electron chi connectivity index (χ4n) is 3.75. The maximum atomic E-state index is 13.3.